The van der Waals surface area contributed by atoms with Crippen molar-refractivity contribution >= 4 is 51.6 Å². The van der Waals surface area contributed by atoms with E-state index in [9.17, 15) is 19.2 Å². The first kappa shape index (κ1) is 38.6. The summed E-state index contributed by atoms with van der Waals surface area (Å²) in [4.78, 5) is 56.5. The molecule has 14 nitrogen and oxygen atoms in total. The fourth-order valence-corrected chi connectivity index (χ4v) is 8.09. The quantitative estimate of drug-likeness (QED) is 0.0771. The predicted molar refractivity (Wildman–Crippen MR) is 215 cm³/mol. The third-order valence-corrected chi connectivity index (χ3v) is 11.3. The van der Waals surface area contributed by atoms with E-state index in [1.165, 1.54) is 5.56 Å². The molecule has 0 radical (unpaired) electrons. The summed E-state index contributed by atoms with van der Waals surface area (Å²) in [5.41, 5.74) is 12.2. The molecule has 0 aliphatic carbocycles. The lowest BCUT2D eigenvalue weighted by atomic mass is 9.82. The Bertz CT molecular complexity index is 2230. The molecule has 2 aromatic carbocycles. The van der Waals surface area contributed by atoms with Gasteiger partial charge < -0.3 is 21.3 Å². The Labute approximate surface area is 326 Å². The monoisotopic (exact) mass is 760 g/mol. The van der Waals surface area contributed by atoms with Gasteiger partial charge in [0.05, 0.1) is 29.0 Å². The molecule has 7 rings (SSSR count). The maximum Gasteiger partial charge on any atom is 0.290 e. The summed E-state index contributed by atoms with van der Waals surface area (Å²) in [7, 11) is 1.81. The van der Waals surface area contributed by atoms with Crippen molar-refractivity contribution in [2.45, 2.75) is 95.4 Å². The van der Waals surface area contributed by atoms with Gasteiger partial charge in [-0.2, -0.15) is 5.10 Å². The van der Waals surface area contributed by atoms with E-state index < -0.39 is 5.92 Å². The number of rotatable bonds is 16. The van der Waals surface area contributed by atoms with Gasteiger partial charge in [-0.1, -0.05) is 69.4 Å². The van der Waals surface area contributed by atoms with Crippen LogP contribution >= 0.6 is 0 Å². The number of imide groups is 1. The molecule has 294 valence electrons. The number of aryl methyl sites for hydroxylation is 1. The largest absolute Gasteiger partial charge is 0.369 e. The van der Waals surface area contributed by atoms with E-state index in [2.05, 4.69) is 79.4 Å². The number of piperidine rings is 1. The summed E-state index contributed by atoms with van der Waals surface area (Å²) >= 11 is 0. The number of aromatic nitrogens is 5. The van der Waals surface area contributed by atoms with Gasteiger partial charge in [-0.15, -0.1) is 5.10 Å². The summed E-state index contributed by atoms with van der Waals surface area (Å²) in [6.07, 6.45) is 11.0. The number of unbranched alkanes of at least 4 members (excludes halogenated alkanes) is 6. The van der Waals surface area contributed by atoms with Gasteiger partial charge in [-0.3, -0.25) is 29.2 Å². The number of carbonyl (C=O) groups is 4. The lowest BCUT2D eigenvalue weighted by Crippen LogP contribution is -2.39. The molecule has 14 heteroatoms. The SMILES string of the molecule is Cn1nc(C2CCC(=O)NC2=O)c2ccc(NC(=O)CCCCCCCCCNC(=O)c3nc4c(CN)cc(N5CC[C@](C)(c6ccccc6)C5)cn4n3)cc21. The number of benzene rings is 2. The number of nitrogens with zero attached hydrogens (tertiary/aromatic N) is 6. The average Bonchev–Trinajstić information content (AvgIpc) is 3.91. The van der Waals surface area contributed by atoms with Gasteiger partial charge in [0.1, 0.15) is 0 Å². The van der Waals surface area contributed by atoms with Crippen LogP contribution in [0.4, 0.5) is 11.4 Å². The minimum absolute atomic E-state index is 0.0366. The van der Waals surface area contributed by atoms with Crippen molar-refractivity contribution in [3.05, 3.63) is 83.4 Å². The standard InChI is InChI=1S/C42H52N10O4/c1-42(29-13-9-8-10-14-29)20-22-51(27-42)31-23-28(25-43)39-47-38(49-52(39)26-31)41(56)44-21-12-7-5-3-4-6-11-15-35(53)45-30-16-17-32-34(24-30)50(2)48-37(32)33-18-19-36(54)46-40(33)55/h8-10,13-14,16-17,23-24,26,33H,3-7,11-12,15,18-22,25,27,43H2,1-2H3,(H,44,56)(H,45,53)(H,46,54,55)/t33?,42-/m0/s1. The number of amides is 4. The van der Waals surface area contributed by atoms with Gasteiger partial charge in [0, 0.05) is 68.1 Å². The molecule has 0 spiro atoms. The summed E-state index contributed by atoms with van der Waals surface area (Å²) in [5.74, 6) is -1.22. The molecule has 5 aromatic rings. The molecule has 2 saturated heterocycles. The van der Waals surface area contributed by atoms with Crippen LogP contribution in [-0.4, -0.2) is 67.6 Å². The molecule has 5 N–H and O–H groups in total. The molecular formula is C42H52N10O4. The van der Waals surface area contributed by atoms with Crippen molar-refractivity contribution < 1.29 is 19.2 Å². The van der Waals surface area contributed by atoms with Crippen molar-refractivity contribution in [3.63, 3.8) is 0 Å². The van der Waals surface area contributed by atoms with E-state index in [1.807, 2.05) is 31.4 Å². The third-order valence-electron chi connectivity index (χ3n) is 11.3. The molecule has 2 atom stereocenters. The molecular weight excluding hydrogens is 709 g/mol. The van der Waals surface area contributed by atoms with Crippen LogP contribution in [0.1, 0.15) is 111 Å². The minimum atomic E-state index is -0.469. The fraction of sp³-hybridized carbons (Fsp3) is 0.452. The lowest BCUT2D eigenvalue weighted by molar-refractivity contribution is -0.134. The lowest BCUT2D eigenvalue weighted by Gasteiger charge is -2.26. The zero-order valence-electron chi connectivity index (χ0n) is 32.4. The number of hydrogen-bond acceptors (Lipinski definition) is 9. The molecule has 56 heavy (non-hydrogen) atoms. The van der Waals surface area contributed by atoms with Crippen molar-refractivity contribution in [2.75, 3.05) is 29.9 Å². The van der Waals surface area contributed by atoms with Crippen molar-refractivity contribution in [1.29, 1.82) is 0 Å². The molecule has 2 aliphatic heterocycles. The Morgan fingerprint density at radius 3 is 2.52 bits per heavy atom. The highest BCUT2D eigenvalue weighted by molar-refractivity contribution is 6.03. The van der Waals surface area contributed by atoms with Crippen LogP contribution in [0.5, 0.6) is 0 Å². The van der Waals surface area contributed by atoms with E-state index in [0.29, 0.717) is 49.4 Å². The summed E-state index contributed by atoms with van der Waals surface area (Å²) < 4.78 is 3.40. The minimum Gasteiger partial charge on any atom is -0.369 e. The second-order valence-electron chi connectivity index (χ2n) is 15.5. The zero-order chi connectivity index (χ0) is 39.2. The number of fused-ring (bicyclic) bond motifs is 2. The van der Waals surface area contributed by atoms with Crippen LogP contribution in [0.15, 0.2) is 60.8 Å². The fourth-order valence-electron chi connectivity index (χ4n) is 8.09. The van der Waals surface area contributed by atoms with Crippen molar-refractivity contribution in [1.82, 2.24) is 35.0 Å². The second kappa shape index (κ2) is 17.0. The summed E-state index contributed by atoms with van der Waals surface area (Å²) in [6.45, 7) is 4.97. The normalized spacial score (nSPS) is 18.5. The smallest absolute Gasteiger partial charge is 0.290 e. The number of nitrogens with one attached hydrogen (secondary N) is 3. The topological polar surface area (TPSA) is 182 Å². The molecule has 2 fully saturated rings. The first-order chi connectivity index (χ1) is 27.1. The van der Waals surface area contributed by atoms with E-state index in [1.54, 1.807) is 9.20 Å². The number of nitrogens with two attached hydrogens (primary N) is 1. The van der Waals surface area contributed by atoms with Crippen LogP contribution in [0.3, 0.4) is 0 Å². The highest BCUT2D eigenvalue weighted by atomic mass is 16.2. The van der Waals surface area contributed by atoms with Crippen molar-refractivity contribution in [2.24, 2.45) is 12.8 Å². The highest BCUT2D eigenvalue weighted by Gasteiger charge is 2.36. The Hall–Kier alpha value is -5.63. The van der Waals surface area contributed by atoms with Crippen molar-refractivity contribution in [3.8, 4) is 0 Å². The molecule has 4 amide bonds. The van der Waals surface area contributed by atoms with E-state index in [4.69, 9.17) is 5.73 Å². The Morgan fingerprint density at radius 2 is 1.75 bits per heavy atom. The first-order valence-electron chi connectivity index (χ1n) is 19.9. The van der Waals surface area contributed by atoms with Gasteiger partial charge in [0.15, 0.2) is 5.65 Å². The van der Waals surface area contributed by atoms with Crippen LogP contribution in [0.25, 0.3) is 16.6 Å². The van der Waals surface area contributed by atoms with E-state index >= 15 is 0 Å². The van der Waals surface area contributed by atoms with Crippen LogP contribution in [0.2, 0.25) is 0 Å². The third kappa shape index (κ3) is 8.60. The molecule has 3 aromatic heterocycles. The zero-order valence-corrected chi connectivity index (χ0v) is 32.4. The summed E-state index contributed by atoms with van der Waals surface area (Å²) in [5, 5.41) is 18.3. The highest BCUT2D eigenvalue weighted by Crippen LogP contribution is 2.37. The maximum atomic E-state index is 13.0. The van der Waals surface area contributed by atoms with Gasteiger partial charge >= 0.3 is 0 Å². The Balaban J connectivity index is 0.789. The maximum absolute atomic E-state index is 13.0. The molecule has 0 bridgehead atoms. The van der Waals surface area contributed by atoms with E-state index in [-0.39, 0.29) is 34.9 Å². The number of carbonyl (C=O) groups excluding carboxylic acids is 4. The van der Waals surface area contributed by atoms with Crippen LogP contribution < -0.4 is 26.6 Å². The van der Waals surface area contributed by atoms with E-state index in [0.717, 1.165) is 86.6 Å². The van der Waals surface area contributed by atoms with Gasteiger partial charge in [-0.05, 0) is 55.5 Å². The number of anilines is 2. The van der Waals surface area contributed by atoms with Crippen LogP contribution in [0, 0.1) is 0 Å². The van der Waals surface area contributed by atoms with Gasteiger partial charge in [-0.25, -0.2) is 9.50 Å². The molecule has 0 saturated carbocycles. The second-order valence-corrected chi connectivity index (χ2v) is 15.5. The molecule has 1 unspecified atom stereocenters. The molecule has 5 heterocycles. The number of pyridine rings is 1. The Kier molecular flexibility index (Phi) is 11.7. The van der Waals surface area contributed by atoms with Gasteiger partial charge in [0.25, 0.3) is 5.91 Å². The summed E-state index contributed by atoms with van der Waals surface area (Å²) in [6, 6.07) is 18.3. The Morgan fingerprint density at radius 1 is 0.982 bits per heavy atom. The predicted octanol–water partition coefficient (Wildman–Crippen LogP) is 5.25. The average molecular weight is 761 g/mol. The molecule has 2 aliphatic rings. The van der Waals surface area contributed by atoms with Gasteiger partial charge in [0.2, 0.25) is 23.5 Å². The number of hydrogen-bond donors (Lipinski definition) is 4. The van der Waals surface area contributed by atoms with Crippen LogP contribution in [-0.2, 0) is 33.4 Å². The first-order valence-corrected chi connectivity index (χ1v) is 19.9.